The van der Waals surface area contributed by atoms with Gasteiger partial charge in [-0.3, -0.25) is 0 Å². The van der Waals surface area contributed by atoms with Gasteiger partial charge in [0.15, 0.2) is 13.4 Å². The van der Waals surface area contributed by atoms with Crippen LogP contribution < -0.4 is 0 Å². The maximum atomic E-state index is 4.17. The highest BCUT2D eigenvalue weighted by atomic mass is 79.9. The number of nitrogens with zero attached hydrogens (tertiary/aromatic N) is 4. The molecule has 2 heterocycles. The second kappa shape index (κ2) is 3.77. The minimum Gasteiger partial charge on any atom is -0.329 e. The predicted molar refractivity (Wildman–Crippen MR) is 54.9 cm³/mol. The Morgan fingerprint density at radius 2 is 2.38 bits per heavy atom. The molecule has 0 N–H and O–H groups in total. The van der Waals surface area contributed by atoms with Crippen LogP contribution >= 0.6 is 39.0 Å². The highest BCUT2D eigenvalue weighted by Gasteiger charge is 2.06. The summed E-state index contributed by atoms with van der Waals surface area (Å²) in [5, 5.41) is 8.74. The van der Waals surface area contributed by atoms with Crippen LogP contribution in [0.4, 0.5) is 0 Å². The van der Waals surface area contributed by atoms with E-state index in [0.717, 1.165) is 13.4 Å². The van der Waals surface area contributed by atoms with Crippen molar-refractivity contribution in [3.8, 4) is 0 Å². The molecule has 0 aromatic carbocycles. The van der Waals surface area contributed by atoms with Gasteiger partial charge in [0.05, 0.1) is 0 Å². The molecule has 0 saturated heterocycles. The molecule has 0 aliphatic heterocycles. The van der Waals surface area contributed by atoms with E-state index in [1.165, 1.54) is 23.1 Å². The fraction of sp³-hybridized carbons (Fsp3) is 0.167. The van der Waals surface area contributed by atoms with Crippen molar-refractivity contribution >= 4 is 39.0 Å². The summed E-state index contributed by atoms with van der Waals surface area (Å²) in [7, 11) is 1.95. The van der Waals surface area contributed by atoms with Crippen LogP contribution in [0.15, 0.2) is 25.8 Å². The van der Waals surface area contributed by atoms with Crippen molar-refractivity contribution in [1.29, 1.82) is 0 Å². The molecule has 0 amide bonds. The van der Waals surface area contributed by atoms with Gasteiger partial charge in [-0.15, -0.1) is 10.2 Å². The molecule has 0 bridgehead atoms. The summed E-state index contributed by atoms with van der Waals surface area (Å²) in [6.45, 7) is 0. The van der Waals surface area contributed by atoms with Crippen LogP contribution in [0.1, 0.15) is 0 Å². The predicted octanol–water partition coefficient (Wildman–Crippen LogP) is 2.19. The van der Waals surface area contributed by atoms with Gasteiger partial charge in [0.2, 0.25) is 0 Å². The van der Waals surface area contributed by atoms with E-state index in [2.05, 4.69) is 31.1 Å². The average molecular weight is 277 g/mol. The van der Waals surface area contributed by atoms with Crippen molar-refractivity contribution < 1.29 is 0 Å². The van der Waals surface area contributed by atoms with E-state index in [1.54, 1.807) is 6.20 Å². The third kappa shape index (κ3) is 2.09. The van der Waals surface area contributed by atoms with Gasteiger partial charge < -0.3 is 4.57 Å². The number of halogens is 1. The van der Waals surface area contributed by atoms with Crippen LogP contribution in [0.2, 0.25) is 0 Å². The second-order valence-electron chi connectivity index (χ2n) is 2.24. The summed E-state index contributed by atoms with van der Waals surface area (Å²) in [6.07, 6.45) is 3.66. The molecule has 0 aliphatic rings. The molecule has 0 atom stereocenters. The molecule has 0 saturated carbocycles. The Balaban J connectivity index is 2.19. The molecule has 68 valence electrons. The van der Waals surface area contributed by atoms with Crippen molar-refractivity contribution in [3.63, 3.8) is 0 Å². The summed E-state index contributed by atoms with van der Waals surface area (Å²) >= 11 is 6.27. The van der Waals surface area contributed by atoms with E-state index in [4.69, 9.17) is 0 Å². The fourth-order valence-electron chi connectivity index (χ4n) is 0.763. The third-order valence-electron chi connectivity index (χ3n) is 1.34. The van der Waals surface area contributed by atoms with Crippen molar-refractivity contribution in [2.75, 3.05) is 0 Å². The third-order valence-corrected chi connectivity index (χ3v) is 3.82. The highest BCUT2D eigenvalue weighted by Crippen LogP contribution is 2.30. The number of aryl methyl sites for hydroxylation is 1. The minimum atomic E-state index is 0.796. The molecule has 4 nitrogen and oxygen atoms in total. The van der Waals surface area contributed by atoms with Gasteiger partial charge >= 0.3 is 0 Å². The topological polar surface area (TPSA) is 43.6 Å². The van der Waals surface area contributed by atoms with Crippen molar-refractivity contribution in [2.24, 2.45) is 7.05 Å². The fourth-order valence-corrected chi connectivity index (χ4v) is 3.11. The number of imidazole rings is 1. The van der Waals surface area contributed by atoms with E-state index in [1.807, 2.05) is 17.8 Å². The van der Waals surface area contributed by atoms with Gasteiger partial charge in [-0.1, -0.05) is 11.3 Å². The molecular weight excluding hydrogens is 272 g/mol. The summed E-state index contributed by atoms with van der Waals surface area (Å²) in [6, 6.07) is 0. The first kappa shape index (κ1) is 9.17. The lowest BCUT2D eigenvalue weighted by Crippen LogP contribution is -1.87. The van der Waals surface area contributed by atoms with E-state index < -0.39 is 0 Å². The maximum absolute atomic E-state index is 4.17. The lowest BCUT2D eigenvalue weighted by Gasteiger charge is -1.95. The molecule has 0 unspecified atom stereocenters. The summed E-state index contributed by atoms with van der Waals surface area (Å²) < 4.78 is 3.63. The lowest BCUT2D eigenvalue weighted by atomic mass is 10.9. The lowest BCUT2D eigenvalue weighted by molar-refractivity contribution is 0.789. The molecular formula is C6H5BrN4S2. The minimum absolute atomic E-state index is 0.796. The van der Waals surface area contributed by atoms with Crippen molar-refractivity contribution in [1.82, 2.24) is 19.7 Å². The molecule has 13 heavy (non-hydrogen) atoms. The Morgan fingerprint density at radius 1 is 1.54 bits per heavy atom. The largest absolute Gasteiger partial charge is 0.329 e. The van der Waals surface area contributed by atoms with Gasteiger partial charge in [-0.25, -0.2) is 4.98 Å². The zero-order valence-corrected chi connectivity index (χ0v) is 9.86. The molecule has 0 radical (unpaired) electrons. The molecule has 2 aromatic rings. The molecule has 7 heteroatoms. The van der Waals surface area contributed by atoms with E-state index >= 15 is 0 Å². The van der Waals surface area contributed by atoms with Gasteiger partial charge in [-0.05, 0) is 27.7 Å². The summed E-state index contributed by atoms with van der Waals surface area (Å²) in [5.41, 5.74) is 0. The Kier molecular flexibility index (Phi) is 2.66. The summed E-state index contributed by atoms with van der Waals surface area (Å²) in [4.78, 5) is 4.17. The van der Waals surface area contributed by atoms with Gasteiger partial charge in [0.1, 0.15) is 0 Å². The van der Waals surface area contributed by atoms with Crippen LogP contribution in [0, 0.1) is 0 Å². The van der Waals surface area contributed by atoms with Crippen molar-refractivity contribution in [2.45, 2.75) is 9.50 Å². The first-order chi connectivity index (χ1) is 6.25. The monoisotopic (exact) mass is 276 g/mol. The molecule has 2 aromatic heterocycles. The maximum Gasteiger partial charge on any atom is 0.184 e. The van der Waals surface area contributed by atoms with Gasteiger partial charge in [0.25, 0.3) is 0 Å². The SMILES string of the molecule is Cn1ccnc1Sc1nnc(Br)s1. The normalized spacial score (nSPS) is 10.6. The van der Waals surface area contributed by atoms with Crippen LogP contribution in [-0.2, 0) is 7.05 Å². The molecule has 2 rings (SSSR count). The molecule has 0 aliphatic carbocycles. The number of hydrogen-bond acceptors (Lipinski definition) is 5. The zero-order valence-electron chi connectivity index (χ0n) is 6.64. The van der Waals surface area contributed by atoms with Gasteiger partial charge in [0, 0.05) is 19.4 Å². The van der Waals surface area contributed by atoms with Crippen LogP contribution in [0.3, 0.4) is 0 Å². The average Bonchev–Trinajstić information content (AvgIpc) is 2.64. The Labute approximate surface area is 91.5 Å². The van der Waals surface area contributed by atoms with Crippen LogP contribution in [0.5, 0.6) is 0 Å². The number of rotatable bonds is 2. The first-order valence-electron chi connectivity index (χ1n) is 3.40. The second-order valence-corrected chi connectivity index (χ2v) is 5.71. The molecule has 0 fully saturated rings. The Bertz CT molecular complexity index is 410. The quantitative estimate of drug-likeness (QED) is 0.844. The summed E-state index contributed by atoms with van der Waals surface area (Å²) in [5.74, 6) is 0. The van der Waals surface area contributed by atoms with E-state index in [0.29, 0.717) is 0 Å². The van der Waals surface area contributed by atoms with Gasteiger partial charge in [-0.2, -0.15) is 0 Å². The molecule has 0 spiro atoms. The van der Waals surface area contributed by atoms with Crippen LogP contribution in [0.25, 0.3) is 0 Å². The first-order valence-corrected chi connectivity index (χ1v) is 5.82. The van der Waals surface area contributed by atoms with Crippen LogP contribution in [-0.4, -0.2) is 19.7 Å². The number of hydrogen-bond donors (Lipinski definition) is 0. The Morgan fingerprint density at radius 3 is 2.92 bits per heavy atom. The zero-order chi connectivity index (χ0) is 9.26. The van der Waals surface area contributed by atoms with E-state index in [-0.39, 0.29) is 0 Å². The standard InChI is InChI=1S/C6H5BrN4S2/c1-11-3-2-8-5(11)13-6-10-9-4(7)12-6/h2-3H,1H3. The van der Waals surface area contributed by atoms with Crippen molar-refractivity contribution in [3.05, 3.63) is 16.3 Å². The highest BCUT2D eigenvalue weighted by molar-refractivity contribution is 9.11. The van der Waals surface area contributed by atoms with E-state index in [9.17, 15) is 0 Å². The Hall–Kier alpha value is -0.400. The number of aromatic nitrogens is 4. The smallest absolute Gasteiger partial charge is 0.184 e.